The van der Waals surface area contributed by atoms with E-state index in [0.717, 1.165) is 38.8 Å². The second kappa shape index (κ2) is 8.15. The number of halogens is 1. The van der Waals surface area contributed by atoms with Gasteiger partial charge in [0.05, 0.1) is 14.2 Å². The number of methoxy groups -OCH3 is 2. The second-order valence-corrected chi connectivity index (χ2v) is 3.93. The van der Waals surface area contributed by atoms with Crippen LogP contribution >= 0.6 is 11.8 Å². The van der Waals surface area contributed by atoms with Gasteiger partial charge >= 0.3 is 11.9 Å². The molecule has 0 aromatic heterocycles. The molecule has 0 atom stereocenters. The molecule has 4 nitrogen and oxygen atoms in total. The first-order valence-corrected chi connectivity index (χ1v) is 5.76. The molecule has 0 fully saturated rings. The van der Waals surface area contributed by atoms with Gasteiger partial charge in [-0.2, -0.15) is 4.39 Å². The van der Waals surface area contributed by atoms with Crippen molar-refractivity contribution in [2.24, 2.45) is 0 Å². The van der Waals surface area contributed by atoms with Gasteiger partial charge in [0.15, 0.2) is 0 Å². The van der Waals surface area contributed by atoms with Crippen molar-refractivity contribution in [1.82, 2.24) is 0 Å². The summed E-state index contributed by atoms with van der Waals surface area (Å²) >= 11 is 0.960. The zero-order valence-corrected chi connectivity index (χ0v) is 10.4. The summed E-state index contributed by atoms with van der Waals surface area (Å²) in [6.07, 6.45) is 1.74. The van der Waals surface area contributed by atoms with Gasteiger partial charge in [-0.15, -0.1) is 11.8 Å². The SMILES string of the molecule is CCCCSC(C(=O)OC)=C(F)C(=O)OC. The Hall–Kier alpha value is -1.04. The number of esters is 2. The molecule has 0 spiro atoms. The van der Waals surface area contributed by atoms with Crippen LogP contribution in [0.5, 0.6) is 0 Å². The van der Waals surface area contributed by atoms with Crippen molar-refractivity contribution >= 4 is 23.7 Å². The minimum Gasteiger partial charge on any atom is -0.465 e. The summed E-state index contributed by atoms with van der Waals surface area (Å²) < 4.78 is 22.0. The molecule has 92 valence electrons. The lowest BCUT2D eigenvalue weighted by Crippen LogP contribution is -2.10. The Morgan fingerprint density at radius 2 is 1.75 bits per heavy atom. The second-order valence-electron chi connectivity index (χ2n) is 2.83. The number of hydrogen-bond acceptors (Lipinski definition) is 5. The third-order valence-corrected chi connectivity index (χ3v) is 2.81. The molecule has 0 saturated heterocycles. The number of carbonyl (C=O) groups is 2. The summed E-state index contributed by atoms with van der Waals surface area (Å²) in [5.41, 5.74) is 0. The van der Waals surface area contributed by atoms with Gasteiger partial charge in [-0.25, -0.2) is 9.59 Å². The maximum atomic E-state index is 13.4. The minimum absolute atomic E-state index is 0.331. The molecule has 16 heavy (non-hydrogen) atoms. The third-order valence-electron chi connectivity index (χ3n) is 1.68. The summed E-state index contributed by atoms with van der Waals surface area (Å²) in [7, 11) is 2.18. The van der Waals surface area contributed by atoms with Gasteiger partial charge in [-0.3, -0.25) is 0 Å². The lowest BCUT2D eigenvalue weighted by Gasteiger charge is -2.05. The molecule has 0 unspecified atom stereocenters. The van der Waals surface area contributed by atoms with Crippen LogP contribution in [0.15, 0.2) is 10.7 Å². The number of rotatable bonds is 6. The van der Waals surface area contributed by atoms with Crippen LogP contribution in [0.2, 0.25) is 0 Å². The Morgan fingerprint density at radius 1 is 1.19 bits per heavy atom. The van der Waals surface area contributed by atoms with E-state index in [0.29, 0.717) is 5.75 Å². The van der Waals surface area contributed by atoms with E-state index in [-0.39, 0.29) is 4.91 Å². The number of ether oxygens (including phenoxy) is 2. The topological polar surface area (TPSA) is 52.6 Å². The molecule has 0 amide bonds. The predicted octanol–water partition coefficient (Wildman–Crippen LogP) is 2.05. The number of thioether (sulfide) groups is 1. The molecule has 6 heteroatoms. The summed E-state index contributed by atoms with van der Waals surface area (Å²) in [5.74, 6) is -2.67. The third kappa shape index (κ3) is 4.65. The van der Waals surface area contributed by atoms with E-state index in [4.69, 9.17) is 0 Å². The molecule has 0 radical (unpaired) electrons. The molecule has 0 heterocycles. The zero-order valence-electron chi connectivity index (χ0n) is 9.54. The average molecular weight is 250 g/mol. The molecule has 0 aliphatic heterocycles. The fraction of sp³-hybridized carbons (Fsp3) is 0.600. The van der Waals surface area contributed by atoms with Gasteiger partial charge in [-0.05, 0) is 12.2 Å². The van der Waals surface area contributed by atoms with Crippen molar-refractivity contribution in [1.29, 1.82) is 0 Å². The van der Waals surface area contributed by atoms with Crippen molar-refractivity contribution in [3.8, 4) is 0 Å². The van der Waals surface area contributed by atoms with Crippen LogP contribution in [0.4, 0.5) is 4.39 Å². The lowest BCUT2D eigenvalue weighted by molar-refractivity contribution is -0.140. The fourth-order valence-electron chi connectivity index (χ4n) is 0.805. The normalized spacial score (nSPS) is 11.8. The highest BCUT2D eigenvalue weighted by Gasteiger charge is 2.22. The van der Waals surface area contributed by atoms with Crippen molar-refractivity contribution in [3.05, 3.63) is 10.7 Å². The van der Waals surface area contributed by atoms with E-state index in [1.54, 1.807) is 0 Å². The van der Waals surface area contributed by atoms with Crippen LogP contribution in [-0.2, 0) is 19.1 Å². The zero-order chi connectivity index (χ0) is 12.6. The van der Waals surface area contributed by atoms with Crippen LogP contribution in [0, 0.1) is 0 Å². The standard InChI is InChI=1S/C10H15FO4S/c1-4-5-6-16-8(10(13)15-3)7(11)9(12)14-2/h4-6H2,1-3H3. The quantitative estimate of drug-likeness (QED) is 0.410. The highest BCUT2D eigenvalue weighted by atomic mass is 32.2. The highest BCUT2D eigenvalue weighted by molar-refractivity contribution is 8.04. The first-order valence-electron chi connectivity index (χ1n) is 4.77. The van der Waals surface area contributed by atoms with E-state index in [9.17, 15) is 14.0 Å². The molecule has 0 N–H and O–H groups in total. The molecule has 0 bridgehead atoms. The first-order chi connectivity index (χ1) is 7.58. The Kier molecular flexibility index (Phi) is 7.62. The molecule has 0 rings (SSSR count). The summed E-state index contributed by atoms with van der Waals surface area (Å²) in [4.78, 5) is 21.8. The number of hydrogen-bond donors (Lipinski definition) is 0. The van der Waals surface area contributed by atoms with E-state index < -0.39 is 17.8 Å². The maximum absolute atomic E-state index is 13.4. The maximum Gasteiger partial charge on any atom is 0.368 e. The van der Waals surface area contributed by atoms with Crippen LogP contribution < -0.4 is 0 Å². The van der Waals surface area contributed by atoms with Crippen molar-refractivity contribution < 1.29 is 23.5 Å². The van der Waals surface area contributed by atoms with Crippen LogP contribution in [0.3, 0.4) is 0 Å². The predicted molar refractivity (Wildman–Crippen MR) is 59.5 cm³/mol. The van der Waals surface area contributed by atoms with E-state index in [2.05, 4.69) is 9.47 Å². The average Bonchev–Trinajstić information content (AvgIpc) is 2.32. The molecular formula is C10H15FO4S. The Bertz CT molecular complexity index is 289. The van der Waals surface area contributed by atoms with E-state index in [1.165, 1.54) is 0 Å². The van der Waals surface area contributed by atoms with E-state index >= 15 is 0 Å². The summed E-state index contributed by atoms with van der Waals surface area (Å²) in [5, 5.41) is 0. The van der Waals surface area contributed by atoms with Crippen molar-refractivity contribution in [2.45, 2.75) is 19.8 Å². The number of unbranched alkanes of at least 4 members (excludes halogenated alkanes) is 1. The molecule has 0 aromatic carbocycles. The Morgan fingerprint density at radius 3 is 2.19 bits per heavy atom. The van der Waals surface area contributed by atoms with Crippen LogP contribution in [-0.4, -0.2) is 31.9 Å². The smallest absolute Gasteiger partial charge is 0.368 e. The summed E-state index contributed by atoms with van der Waals surface area (Å²) in [6, 6.07) is 0. The Labute approximate surface area is 98.2 Å². The molecular weight excluding hydrogens is 235 g/mol. The molecule has 0 aromatic rings. The molecule has 0 aliphatic carbocycles. The van der Waals surface area contributed by atoms with E-state index in [1.807, 2.05) is 6.92 Å². The van der Waals surface area contributed by atoms with Crippen LogP contribution in [0.1, 0.15) is 19.8 Å². The van der Waals surface area contributed by atoms with Gasteiger partial charge in [-0.1, -0.05) is 13.3 Å². The van der Waals surface area contributed by atoms with Crippen molar-refractivity contribution in [3.63, 3.8) is 0 Å². The van der Waals surface area contributed by atoms with Crippen molar-refractivity contribution in [2.75, 3.05) is 20.0 Å². The lowest BCUT2D eigenvalue weighted by atomic mass is 10.4. The largest absolute Gasteiger partial charge is 0.465 e. The van der Waals surface area contributed by atoms with Gasteiger partial charge in [0.1, 0.15) is 4.91 Å². The fourth-order valence-corrected chi connectivity index (χ4v) is 1.85. The molecule has 0 saturated carbocycles. The highest BCUT2D eigenvalue weighted by Crippen LogP contribution is 2.24. The van der Waals surface area contributed by atoms with Gasteiger partial charge in [0.25, 0.3) is 0 Å². The summed E-state index contributed by atoms with van der Waals surface area (Å²) in [6.45, 7) is 1.97. The monoisotopic (exact) mass is 250 g/mol. The minimum atomic E-state index is -1.20. The first kappa shape index (κ1) is 15.0. The van der Waals surface area contributed by atoms with Gasteiger partial charge < -0.3 is 9.47 Å². The van der Waals surface area contributed by atoms with Gasteiger partial charge in [0.2, 0.25) is 5.83 Å². The Balaban J connectivity index is 4.77. The number of carbonyl (C=O) groups excluding carboxylic acids is 2. The van der Waals surface area contributed by atoms with Gasteiger partial charge in [0, 0.05) is 0 Å². The molecule has 0 aliphatic rings. The van der Waals surface area contributed by atoms with Crippen LogP contribution in [0.25, 0.3) is 0 Å².